The fraction of sp³-hybridized carbons (Fsp3) is 0.143. The van der Waals surface area contributed by atoms with Gasteiger partial charge in [-0.15, -0.1) is 0 Å². The van der Waals surface area contributed by atoms with Gasteiger partial charge in [0.25, 0.3) is 5.91 Å². The van der Waals surface area contributed by atoms with Crippen molar-refractivity contribution >= 4 is 39.6 Å². The van der Waals surface area contributed by atoms with Crippen LogP contribution in [-0.4, -0.2) is 26.1 Å². The van der Waals surface area contributed by atoms with Crippen LogP contribution in [0.2, 0.25) is 0 Å². The lowest BCUT2D eigenvalue weighted by Gasteiger charge is -2.18. The van der Waals surface area contributed by atoms with Crippen molar-refractivity contribution in [2.45, 2.75) is 6.92 Å². The number of benzene rings is 2. The van der Waals surface area contributed by atoms with Crippen molar-refractivity contribution in [3.05, 3.63) is 75.4 Å². The molecule has 0 saturated heterocycles. The van der Waals surface area contributed by atoms with Gasteiger partial charge >= 0.3 is 5.97 Å². The lowest BCUT2D eigenvalue weighted by molar-refractivity contribution is -0.136. The zero-order valence-corrected chi connectivity index (χ0v) is 16.7. The smallest absolute Gasteiger partial charge is 0.340 e. The summed E-state index contributed by atoms with van der Waals surface area (Å²) in [5, 5.41) is 0. The molecule has 5 nitrogen and oxygen atoms in total. The van der Waals surface area contributed by atoms with Gasteiger partial charge < -0.3 is 9.47 Å². The predicted molar refractivity (Wildman–Crippen MR) is 107 cm³/mol. The number of allylic oxidation sites excluding steroid dienone is 1. The Kier molecular flexibility index (Phi) is 5.46. The van der Waals surface area contributed by atoms with Crippen molar-refractivity contribution in [1.82, 2.24) is 0 Å². The van der Waals surface area contributed by atoms with E-state index in [4.69, 9.17) is 9.47 Å². The summed E-state index contributed by atoms with van der Waals surface area (Å²) < 4.78 is 10.9. The summed E-state index contributed by atoms with van der Waals surface area (Å²) in [5.74, 6) is -0.145. The molecule has 1 amide bonds. The van der Waals surface area contributed by atoms with Gasteiger partial charge in [0.1, 0.15) is 5.75 Å². The van der Waals surface area contributed by atoms with E-state index in [0.29, 0.717) is 22.7 Å². The van der Waals surface area contributed by atoms with Crippen molar-refractivity contribution in [2.24, 2.45) is 0 Å². The van der Waals surface area contributed by atoms with Crippen LogP contribution in [0.3, 0.4) is 0 Å². The normalized spacial score (nSPS) is 15.5. The molecule has 3 rings (SSSR count). The van der Waals surface area contributed by atoms with Crippen LogP contribution in [0.1, 0.15) is 12.5 Å². The van der Waals surface area contributed by atoms with Crippen LogP contribution in [0.15, 0.2) is 69.8 Å². The number of ether oxygens (including phenoxy) is 2. The number of carbonyl (C=O) groups excluding carboxylic acids is 2. The summed E-state index contributed by atoms with van der Waals surface area (Å²) >= 11 is 3.47. The van der Waals surface area contributed by atoms with Gasteiger partial charge in [0.15, 0.2) is 0 Å². The minimum absolute atomic E-state index is 0.258. The first kappa shape index (κ1) is 18.9. The topological polar surface area (TPSA) is 55.8 Å². The van der Waals surface area contributed by atoms with Crippen LogP contribution in [0.5, 0.6) is 5.75 Å². The Bertz CT molecular complexity index is 960. The van der Waals surface area contributed by atoms with E-state index in [0.717, 1.165) is 10.0 Å². The molecule has 0 unspecified atom stereocenters. The summed E-state index contributed by atoms with van der Waals surface area (Å²) in [6, 6.07) is 14.6. The first-order chi connectivity index (χ1) is 13.0. The molecule has 1 aliphatic heterocycles. The fourth-order valence-corrected chi connectivity index (χ4v) is 3.37. The van der Waals surface area contributed by atoms with Crippen LogP contribution in [0.4, 0.5) is 5.69 Å². The van der Waals surface area contributed by atoms with E-state index in [1.54, 1.807) is 44.4 Å². The molecular weight excluding hydrogens is 410 g/mol. The summed E-state index contributed by atoms with van der Waals surface area (Å²) in [5.41, 5.74) is 2.52. The second kappa shape index (κ2) is 7.80. The first-order valence-electron chi connectivity index (χ1n) is 8.22. The quantitative estimate of drug-likeness (QED) is 0.537. The van der Waals surface area contributed by atoms with Crippen molar-refractivity contribution in [2.75, 3.05) is 19.1 Å². The number of rotatable bonds is 4. The molecule has 0 saturated carbocycles. The number of nitrogens with zero attached hydrogens (tertiary/aromatic N) is 1. The van der Waals surface area contributed by atoms with E-state index in [-0.39, 0.29) is 11.5 Å². The van der Waals surface area contributed by atoms with Gasteiger partial charge in [-0.1, -0.05) is 34.1 Å². The Balaban J connectivity index is 2.13. The van der Waals surface area contributed by atoms with E-state index >= 15 is 0 Å². The first-order valence-corrected chi connectivity index (χ1v) is 9.01. The molecule has 1 aliphatic rings. The van der Waals surface area contributed by atoms with Crippen LogP contribution >= 0.6 is 15.9 Å². The molecule has 27 heavy (non-hydrogen) atoms. The van der Waals surface area contributed by atoms with Crippen molar-refractivity contribution in [1.29, 1.82) is 0 Å². The highest BCUT2D eigenvalue weighted by molar-refractivity contribution is 9.10. The number of hydrogen-bond acceptors (Lipinski definition) is 4. The van der Waals surface area contributed by atoms with Gasteiger partial charge in [-0.3, -0.25) is 9.69 Å². The van der Waals surface area contributed by atoms with Crippen molar-refractivity contribution < 1.29 is 19.1 Å². The molecule has 1 heterocycles. The van der Waals surface area contributed by atoms with Gasteiger partial charge in [0.05, 0.1) is 25.4 Å². The average Bonchev–Trinajstić information content (AvgIpc) is 2.93. The molecule has 6 heteroatoms. The summed E-state index contributed by atoms with van der Waals surface area (Å²) in [6.45, 7) is 1.73. The van der Waals surface area contributed by atoms with E-state index in [2.05, 4.69) is 15.9 Å². The van der Waals surface area contributed by atoms with E-state index in [1.165, 1.54) is 12.0 Å². The summed E-state index contributed by atoms with van der Waals surface area (Å²) in [4.78, 5) is 27.1. The molecule has 0 bridgehead atoms. The van der Waals surface area contributed by atoms with Crippen LogP contribution in [0.25, 0.3) is 6.08 Å². The van der Waals surface area contributed by atoms with Gasteiger partial charge in [-0.05, 0) is 48.9 Å². The van der Waals surface area contributed by atoms with Crippen LogP contribution in [0, 0.1) is 0 Å². The predicted octanol–water partition coefficient (Wildman–Crippen LogP) is 4.33. The minimum Gasteiger partial charge on any atom is -0.497 e. The third-order valence-corrected chi connectivity index (χ3v) is 5.05. The van der Waals surface area contributed by atoms with Crippen LogP contribution in [-0.2, 0) is 14.3 Å². The van der Waals surface area contributed by atoms with E-state index in [9.17, 15) is 9.59 Å². The molecule has 0 atom stereocenters. The van der Waals surface area contributed by atoms with Gasteiger partial charge in [0.2, 0.25) is 0 Å². The largest absolute Gasteiger partial charge is 0.497 e. The molecule has 0 spiro atoms. The molecule has 0 N–H and O–H groups in total. The van der Waals surface area contributed by atoms with Crippen LogP contribution < -0.4 is 9.64 Å². The summed E-state index contributed by atoms with van der Waals surface area (Å²) in [6.07, 6.45) is 1.70. The maximum Gasteiger partial charge on any atom is 0.340 e. The van der Waals surface area contributed by atoms with E-state index in [1.807, 2.05) is 24.3 Å². The number of amides is 1. The lowest BCUT2D eigenvalue weighted by Crippen LogP contribution is -2.24. The molecule has 0 aliphatic carbocycles. The second-order valence-corrected chi connectivity index (χ2v) is 6.72. The fourth-order valence-electron chi connectivity index (χ4n) is 2.97. The molecule has 2 aromatic carbocycles. The van der Waals surface area contributed by atoms with Gasteiger partial charge in [-0.2, -0.15) is 0 Å². The Morgan fingerprint density at radius 3 is 2.33 bits per heavy atom. The molecule has 0 radical (unpaired) electrons. The number of hydrogen-bond donors (Lipinski definition) is 0. The zero-order chi connectivity index (χ0) is 19.6. The average molecular weight is 428 g/mol. The molecule has 0 aromatic heterocycles. The third kappa shape index (κ3) is 3.53. The Morgan fingerprint density at radius 2 is 1.74 bits per heavy atom. The highest BCUT2D eigenvalue weighted by Crippen LogP contribution is 2.36. The van der Waals surface area contributed by atoms with Gasteiger partial charge in [-0.25, -0.2) is 4.79 Å². The van der Waals surface area contributed by atoms with Crippen molar-refractivity contribution in [3.8, 4) is 5.75 Å². The molecule has 0 fully saturated rings. The number of esters is 1. The summed E-state index contributed by atoms with van der Waals surface area (Å²) in [7, 11) is 2.88. The number of anilines is 1. The highest BCUT2D eigenvalue weighted by Gasteiger charge is 2.37. The third-order valence-electron chi connectivity index (χ3n) is 4.33. The second-order valence-electron chi connectivity index (χ2n) is 5.87. The van der Waals surface area contributed by atoms with Gasteiger partial charge in [0, 0.05) is 15.9 Å². The minimum atomic E-state index is -0.546. The SMILES string of the molecule is COC(=O)C1=C(C)N(c2ccc(OC)cc2)C(=O)/C1=C\c1ccccc1Br. The maximum atomic E-state index is 13.2. The Hall–Kier alpha value is -2.86. The number of methoxy groups -OCH3 is 2. The molecule has 138 valence electrons. The maximum absolute atomic E-state index is 13.2. The molecular formula is C21H18BrNO4. The molecule has 2 aromatic rings. The monoisotopic (exact) mass is 427 g/mol. The zero-order valence-electron chi connectivity index (χ0n) is 15.2. The van der Waals surface area contributed by atoms with E-state index < -0.39 is 5.97 Å². The van der Waals surface area contributed by atoms with Crippen molar-refractivity contribution in [3.63, 3.8) is 0 Å². The Labute approximate surface area is 166 Å². The number of halogens is 1. The number of carbonyl (C=O) groups is 2. The Morgan fingerprint density at radius 1 is 1.07 bits per heavy atom. The standard InChI is InChI=1S/C21H18BrNO4/c1-13-19(21(25)27-3)17(12-14-6-4-5-7-18(14)22)20(24)23(13)15-8-10-16(26-2)11-9-15/h4-12H,1-3H3/b17-12-. The lowest BCUT2D eigenvalue weighted by atomic mass is 10.0. The highest BCUT2D eigenvalue weighted by atomic mass is 79.9.